The topological polar surface area (TPSA) is 294 Å². The van der Waals surface area contributed by atoms with E-state index in [1.807, 2.05) is 20.8 Å². The second-order valence-electron chi connectivity index (χ2n) is 8.65. The Bertz CT molecular complexity index is 1060. The van der Waals surface area contributed by atoms with E-state index in [0.717, 1.165) is 0 Å². The minimum absolute atomic E-state index is 0. The van der Waals surface area contributed by atoms with Crippen LogP contribution in [-0.4, -0.2) is 116 Å². The van der Waals surface area contributed by atoms with Crippen LogP contribution in [0.25, 0.3) is 0 Å². The average molecular weight is 755 g/mol. The van der Waals surface area contributed by atoms with E-state index >= 15 is 0 Å². The Kier molecular flexibility index (Phi) is 44.7. The average Bonchev–Trinajstić information content (AvgIpc) is 2.92. The molecule has 0 saturated carbocycles. The molecule has 8 unspecified atom stereocenters. The predicted molar refractivity (Wildman–Crippen MR) is 196 cm³/mol. The van der Waals surface area contributed by atoms with Crippen LogP contribution in [-0.2, 0) is 56.4 Å². The van der Waals surface area contributed by atoms with Crippen LogP contribution in [0.3, 0.4) is 0 Å². The molecule has 0 bridgehead atoms. The molecule has 0 aromatic carbocycles. The van der Waals surface area contributed by atoms with Gasteiger partial charge in [-0.25, -0.2) is 4.79 Å². The fourth-order valence-electron chi connectivity index (χ4n) is 2.79. The largest absolute Gasteiger partial charge is 0.480 e. The van der Waals surface area contributed by atoms with Gasteiger partial charge in [0.25, 0.3) is 0 Å². The van der Waals surface area contributed by atoms with Gasteiger partial charge < -0.3 is 42.5 Å². The smallest absolute Gasteiger partial charge is 0.327 e. The van der Waals surface area contributed by atoms with Gasteiger partial charge in [-0.3, -0.25) is 31.8 Å². The lowest BCUT2D eigenvalue weighted by molar-refractivity contribution is -0.141. The van der Waals surface area contributed by atoms with Gasteiger partial charge in [-0.05, 0) is 38.0 Å². The van der Waals surface area contributed by atoms with Crippen molar-refractivity contribution in [2.24, 2.45) is 11.5 Å². The molecule has 8 atom stereocenters. The molecule has 1 saturated heterocycles. The van der Waals surface area contributed by atoms with Crippen molar-refractivity contribution < 1.29 is 57.0 Å². The van der Waals surface area contributed by atoms with Crippen LogP contribution in [0, 0.1) is 0 Å². The Balaban J connectivity index is -0.000000104. The Morgan fingerprint density at radius 2 is 1.27 bits per heavy atom. The third kappa shape index (κ3) is 33.1. The van der Waals surface area contributed by atoms with Gasteiger partial charge in [-0.2, -0.15) is 0 Å². The van der Waals surface area contributed by atoms with E-state index in [9.17, 15) is 36.6 Å². The van der Waals surface area contributed by atoms with E-state index in [1.54, 1.807) is 19.9 Å². The summed E-state index contributed by atoms with van der Waals surface area (Å²) in [4.78, 5) is 53.5. The third-order valence-corrected chi connectivity index (χ3v) is 8.85. The van der Waals surface area contributed by atoms with Gasteiger partial charge in [0.05, 0.1) is 11.5 Å². The highest BCUT2D eigenvalue weighted by molar-refractivity contribution is 7.88. The second kappa shape index (κ2) is 35.5. The van der Waals surface area contributed by atoms with Crippen molar-refractivity contribution in [3.8, 4) is 0 Å². The Labute approximate surface area is 294 Å². The molecule has 1 aliphatic rings. The fraction of sp³-hybridized carbons (Fsp3) is 0.690. The molecule has 19 heteroatoms. The first kappa shape index (κ1) is 60.5. The summed E-state index contributed by atoms with van der Waals surface area (Å²) in [6, 6.07) is -4.08. The molecular weight excluding hydrogens is 693 g/mol. The second-order valence-corrected chi connectivity index (χ2v) is 12.9. The number of allylic oxidation sites excluding steroid dienone is 2. The molecule has 288 valence electrons. The number of aliphatic carboxylic acids is 4. The van der Waals surface area contributed by atoms with Gasteiger partial charge in [-0.1, -0.05) is 55.7 Å². The summed E-state index contributed by atoms with van der Waals surface area (Å²) in [5, 5.41) is 42.1. The highest BCUT2D eigenvalue weighted by Crippen LogP contribution is 2.02. The molecule has 16 nitrogen and oxygen atoms in total. The molecule has 1 fully saturated rings. The van der Waals surface area contributed by atoms with Crippen LogP contribution in [0.5, 0.6) is 0 Å². The van der Waals surface area contributed by atoms with E-state index < -0.39 is 86.4 Å². The number of rotatable bonds is 14. The lowest BCUT2D eigenvalue weighted by Crippen LogP contribution is -2.52. The normalized spacial score (nSPS) is 19.2. The first-order valence-corrected chi connectivity index (χ1v) is 17.5. The maximum atomic E-state index is 11.5. The molecule has 1 heterocycles. The third-order valence-electron chi connectivity index (χ3n) is 4.77. The summed E-state index contributed by atoms with van der Waals surface area (Å²) >= 11 is 0. The van der Waals surface area contributed by atoms with Gasteiger partial charge >= 0.3 is 23.9 Å². The lowest BCUT2D eigenvalue weighted by atomic mass is 10.1. The van der Waals surface area contributed by atoms with Crippen molar-refractivity contribution in [2.75, 3.05) is 23.0 Å². The summed E-state index contributed by atoms with van der Waals surface area (Å²) < 4.78 is 33.2. The zero-order valence-electron chi connectivity index (χ0n) is 25.4. The summed E-state index contributed by atoms with van der Waals surface area (Å²) in [6.07, 6.45) is 2.80. The lowest BCUT2D eigenvalue weighted by Gasteiger charge is -2.24. The van der Waals surface area contributed by atoms with Gasteiger partial charge in [-0.15, -0.1) is 0 Å². The Morgan fingerprint density at radius 3 is 1.62 bits per heavy atom. The van der Waals surface area contributed by atoms with Crippen molar-refractivity contribution in [3.05, 3.63) is 23.0 Å². The number of carboxylic acids is 4. The molecule has 0 aliphatic carbocycles. The van der Waals surface area contributed by atoms with Crippen LogP contribution in [0.1, 0.15) is 77.2 Å². The zero-order valence-corrected chi connectivity index (χ0v) is 27.8. The summed E-state index contributed by atoms with van der Waals surface area (Å²) in [5.41, 5.74) is 10.3. The molecule has 1 amide bonds. The molecule has 0 aromatic heterocycles. The Morgan fingerprint density at radius 1 is 0.833 bits per heavy atom. The minimum Gasteiger partial charge on any atom is -0.480 e. The quantitative estimate of drug-likeness (QED) is 0.125. The van der Waals surface area contributed by atoms with E-state index in [2.05, 4.69) is 10.6 Å². The van der Waals surface area contributed by atoms with Crippen LogP contribution in [0.15, 0.2) is 23.0 Å². The SMILES string of the molecule is C.C.C.C.CC.CC1CS(=O)CC(C(=O)O)N1.CC=CS(=O)CC(N)C(=O)O.CC=CS(=O)CC(NC(=O)CCC(N)C(=O)O)C(=O)O. The number of amides is 1. The number of carbonyl (C=O) groups excluding carboxylic acids is 1. The first-order chi connectivity index (χ1) is 20.4. The highest BCUT2D eigenvalue weighted by atomic mass is 32.2. The monoisotopic (exact) mass is 754 g/mol. The van der Waals surface area contributed by atoms with Crippen LogP contribution in [0.2, 0.25) is 0 Å². The van der Waals surface area contributed by atoms with E-state index in [4.69, 9.17) is 31.9 Å². The molecule has 0 spiro atoms. The zero-order chi connectivity index (χ0) is 35.0. The van der Waals surface area contributed by atoms with E-state index in [0.29, 0.717) is 5.75 Å². The summed E-state index contributed by atoms with van der Waals surface area (Å²) in [7, 11) is -3.72. The first-order valence-electron chi connectivity index (χ1n) is 13.3. The molecular formula is C29H62N4O12S3. The summed E-state index contributed by atoms with van der Waals surface area (Å²) in [5.74, 6) is -4.71. The van der Waals surface area contributed by atoms with E-state index in [-0.39, 0.29) is 65.8 Å². The molecule has 48 heavy (non-hydrogen) atoms. The van der Waals surface area contributed by atoms with Crippen LogP contribution < -0.4 is 22.1 Å². The van der Waals surface area contributed by atoms with E-state index in [1.165, 1.54) is 16.9 Å². The molecule has 10 N–H and O–H groups in total. The number of hydrogen-bond acceptors (Lipinski definition) is 11. The van der Waals surface area contributed by atoms with Crippen molar-refractivity contribution in [1.82, 2.24) is 10.6 Å². The predicted octanol–water partition coefficient (Wildman–Crippen LogP) is 1.46. The Hall–Kier alpha value is -2.84. The molecule has 0 aromatic rings. The van der Waals surface area contributed by atoms with Crippen molar-refractivity contribution in [3.63, 3.8) is 0 Å². The highest BCUT2D eigenvalue weighted by Gasteiger charge is 2.27. The molecule has 1 rings (SSSR count). The summed E-state index contributed by atoms with van der Waals surface area (Å²) in [6.45, 7) is 9.19. The maximum Gasteiger partial charge on any atom is 0.327 e. The van der Waals surface area contributed by atoms with Crippen molar-refractivity contribution in [1.29, 1.82) is 0 Å². The number of carbonyl (C=O) groups is 5. The minimum atomic E-state index is -1.50. The number of hydrogen-bond donors (Lipinski definition) is 8. The number of nitrogens with two attached hydrogens (primary N) is 2. The van der Waals surface area contributed by atoms with Crippen LogP contribution >= 0.6 is 0 Å². The van der Waals surface area contributed by atoms with Crippen LogP contribution in [0.4, 0.5) is 0 Å². The fourth-order valence-corrected chi connectivity index (χ4v) is 6.07. The number of nitrogens with one attached hydrogen (secondary N) is 2. The van der Waals surface area contributed by atoms with Gasteiger partial charge in [0.2, 0.25) is 5.91 Å². The number of carboxylic acid groups (broad SMARTS) is 4. The molecule has 0 radical (unpaired) electrons. The standard InChI is InChI=1S/C11H18N2O6S.2C6H11NO3S.C2H6.4CH4/c1-2-5-20(19)6-8(11(17)18)13-9(14)4-3-7(12)10(15)16;1-4-2-11(10)3-5(7-4)6(8)9;1-2-3-11(10)4-5(7)6(8)9;1-2;;;;/h2,5,7-8H,3-4,6,12H2,1H3,(H,13,14)(H,15,16)(H,17,18);4-5,7H,2-3H2,1H3,(H,8,9);2-3,5H,4,7H2,1H3,(H,8,9);1-2H3;4*1H4. The van der Waals surface area contributed by atoms with Crippen molar-refractivity contribution >= 4 is 62.2 Å². The van der Waals surface area contributed by atoms with Gasteiger partial charge in [0.1, 0.15) is 24.2 Å². The van der Waals surface area contributed by atoms with Gasteiger partial charge in [0.15, 0.2) is 0 Å². The molecule has 1 aliphatic heterocycles. The van der Waals surface area contributed by atoms with Gasteiger partial charge in [0, 0.05) is 56.4 Å². The maximum absolute atomic E-state index is 11.5. The van der Waals surface area contributed by atoms with Crippen molar-refractivity contribution in [2.45, 2.75) is 107 Å².